The van der Waals surface area contributed by atoms with Gasteiger partial charge in [0.15, 0.2) is 0 Å². The number of fused-ring (bicyclic) bond motifs is 1. The third kappa shape index (κ3) is 4.40. The van der Waals surface area contributed by atoms with Crippen LogP contribution in [0.25, 0.3) is 0 Å². The van der Waals surface area contributed by atoms with Crippen LogP contribution in [0, 0.1) is 6.92 Å². The standard InChI is InChI=1S/C24H23N3O4S/c1-15-21(12-26-22(28)18-7-9-32-14-18)20-6-8-27(13-19(20)11-25-15)23(29)16-4-3-5-17(10-16)24(30)31-2/h3-5,7,9-11,14H,6,8,12-13H2,1-2H3,(H,26,28). The van der Waals surface area contributed by atoms with Crippen LogP contribution in [-0.2, 0) is 24.2 Å². The lowest BCUT2D eigenvalue weighted by Gasteiger charge is -2.30. The topological polar surface area (TPSA) is 88.6 Å². The molecule has 7 nitrogen and oxygen atoms in total. The Labute approximate surface area is 190 Å². The van der Waals surface area contributed by atoms with Crippen molar-refractivity contribution in [1.82, 2.24) is 15.2 Å². The largest absolute Gasteiger partial charge is 0.465 e. The highest BCUT2D eigenvalue weighted by Gasteiger charge is 2.25. The predicted octanol–water partition coefficient (Wildman–Crippen LogP) is 3.37. The number of ether oxygens (including phenoxy) is 1. The summed E-state index contributed by atoms with van der Waals surface area (Å²) in [5.74, 6) is -0.729. The van der Waals surface area contributed by atoms with E-state index in [9.17, 15) is 14.4 Å². The molecule has 3 heterocycles. The second-order valence-corrected chi connectivity index (χ2v) is 8.35. The fourth-order valence-electron chi connectivity index (χ4n) is 3.87. The summed E-state index contributed by atoms with van der Waals surface area (Å²) in [4.78, 5) is 43.5. The fourth-order valence-corrected chi connectivity index (χ4v) is 4.51. The number of carbonyl (C=O) groups excluding carboxylic acids is 3. The molecule has 3 aromatic rings. The Morgan fingerprint density at radius 1 is 1.19 bits per heavy atom. The van der Waals surface area contributed by atoms with Gasteiger partial charge in [0.1, 0.15) is 0 Å². The first-order chi connectivity index (χ1) is 15.5. The van der Waals surface area contributed by atoms with Gasteiger partial charge < -0.3 is 15.0 Å². The summed E-state index contributed by atoms with van der Waals surface area (Å²) < 4.78 is 4.75. The maximum absolute atomic E-state index is 13.1. The lowest BCUT2D eigenvalue weighted by molar-refractivity contribution is 0.0600. The first-order valence-electron chi connectivity index (χ1n) is 10.2. The van der Waals surface area contributed by atoms with Gasteiger partial charge >= 0.3 is 5.97 Å². The van der Waals surface area contributed by atoms with Crippen LogP contribution < -0.4 is 5.32 Å². The lowest BCUT2D eigenvalue weighted by Crippen LogP contribution is -2.37. The molecule has 0 spiro atoms. The van der Waals surface area contributed by atoms with Crippen LogP contribution in [0.3, 0.4) is 0 Å². The van der Waals surface area contributed by atoms with Crippen LogP contribution in [0.15, 0.2) is 47.3 Å². The smallest absolute Gasteiger partial charge is 0.337 e. The molecular formula is C24H23N3O4S. The van der Waals surface area contributed by atoms with E-state index in [0.29, 0.717) is 42.7 Å². The molecule has 2 amide bonds. The van der Waals surface area contributed by atoms with E-state index in [4.69, 9.17) is 4.74 Å². The molecule has 1 aromatic carbocycles. The number of hydrogen-bond acceptors (Lipinski definition) is 6. The van der Waals surface area contributed by atoms with E-state index in [2.05, 4.69) is 10.3 Å². The van der Waals surface area contributed by atoms with Gasteiger partial charge in [-0.25, -0.2) is 4.79 Å². The Balaban J connectivity index is 1.51. The summed E-state index contributed by atoms with van der Waals surface area (Å²) in [6.45, 7) is 3.30. The minimum atomic E-state index is -0.475. The van der Waals surface area contributed by atoms with Crippen molar-refractivity contribution in [2.75, 3.05) is 13.7 Å². The molecular weight excluding hydrogens is 426 g/mol. The van der Waals surface area contributed by atoms with E-state index in [1.54, 1.807) is 41.4 Å². The molecule has 8 heteroatoms. The van der Waals surface area contributed by atoms with Gasteiger partial charge in [0.2, 0.25) is 0 Å². The van der Waals surface area contributed by atoms with Gasteiger partial charge in [0.05, 0.1) is 12.7 Å². The van der Waals surface area contributed by atoms with E-state index in [0.717, 1.165) is 22.4 Å². The van der Waals surface area contributed by atoms with Crippen LogP contribution >= 0.6 is 11.3 Å². The second kappa shape index (κ2) is 9.32. The maximum atomic E-state index is 13.1. The second-order valence-electron chi connectivity index (χ2n) is 7.57. The Morgan fingerprint density at radius 3 is 2.75 bits per heavy atom. The van der Waals surface area contributed by atoms with Crippen LogP contribution in [0.4, 0.5) is 0 Å². The summed E-state index contributed by atoms with van der Waals surface area (Å²) >= 11 is 1.48. The monoisotopic (exact) mass is 449 g/mol. The molecule has 0 bridgehead atoms. The SMILES string of the molecule is COC(=O)c1cccc(C(=O)N2CCc3c(cnc(C)c3CNC(=O)c3ccsc3)C2)c1. The van der Waals surface area contributed by atoms with Crippen molar-refractivity contribution < 1.29 is 19.1 Å². The third-order valence-electron chi connectivity index (χ3n) is 5.62. The van der Waals surface area contributed by atoms with Crippen molar-refractivity contribution >= 4 is 29.1 Å². The quantitative estimate of drug-likeness (QED) is 0.604. The molecule has 1 aliphatic rings. The minimum absolute atomic E-state index is 0.110. The molecule has 0 saturated heterocycles. The van der Waals surface area contributed by atoms with E-state index in [1.807, 2.05) is 17.7 Å². The summed E-state index contributed by atoms with van der Waals surface area (Å²) in [5, 5.41) is 6.67. The first kappa shape index (κ1) is 21.7. The highest BCUT2D eigenvalue weighted by molar-refractivity contribution is 7.08. The van der Waals surface area contributed by atoms with E-state index in [1.165, 1.54) is 18.4 Å². The van der Waals surface area contributed by atoms with Gasteiger partial charge in [-0.2, -0.15) is 11.3 Å². The van der Waals surface area contributed by atoms with E-state index < -0.39 is 5.97 Å². The van der Waals surface area contributed by atoms with Gasteiger partial charge in [-0.05, 0) is 59.7 Å². The van der Waals surface area contributed by atoms with Crippen LogP contribution in [-0.4, -0.2) is 41.3 Å². The molecule has 1 N–H and O–H groups in total. The number of amides is 2. The molecule has 0 saturated carbocycles. The number of nitrogens with one attached hydrogen (secondary N) is 1. The Morgan fingerprint density at radius 2 is 2.00 bits per heavy atom. The number of carbonyl (C=O) groups is 3. The number of rotatable bonds is 5. The molecule has 0 aliphatic carbocycles. The van der Waals surface area contributed by atoms with Crippen LogP contribution in [0.5, 0.6) is 0 Å². The average molecular weight is 450 g/mol. The predicted molar refractivity (Wildman–Crippen MR) is 121 cm³/mol. The molecule has 164 valence electrons. The van der Waals surface area contributed by atoms with Gasteiger partial charge in [-0.3, -0.25) is 14.6 Å². The maximum Gasteiger partial charge on any atom is 0.337 e. The van der Waals surface area contributed by atoms with Crippen molar-refractivity contribution in [3.8, 4) is 0 Å². The molecule has 4 rings (SSSR count). The van der Waals surface area contributed by atoms with Crippen molar-refractivity contribution in [3.05, 3.63) is 86.4 Å². The highest BCUT2D eigenvalue weighted by atomic mass is 32.1. The van der Waals surface area contributed by atoms with Crippen molar-refractivity contribution in [2.24, 2.45) is 0 Å². The van der Waals surface area contributed by atoms with E-state index in [-0.39, 0.29) is 11.8 Å². The number of thiophene rings is 1. The molecule has 0 atom stereocenters. The highest BCUT2D eigenvalue weighted by Crippen LogP contribution is 2.25. The van der Waals surface area contributed by atoms with Gasteiger partial charge in [0.25, 0.3) is 11.8 Å². The molecule has 1 aliphatic heterocycles. The first-order valence-corrected chi connectivity index (χ1v) is 11.2. The van der Waals surface area contributed by atoms with Gasteiger partial charge in [0, 0.05) is 48.0 Å². The summed E-state index contributed by atoms with van der Waals surface area (Å²) in [6.07, 6.45) is 2.48. The summed E-state index contributed by atoms with van der Waals surface area (Å²) in [7, 11) is 1.31. The number of pyridine rings is 1. The zero-order valence-corrected chi connectivity index (χ0v) is 18.7. The Hall–Kier alpha value is -3.52. The number of esters is 1. The molecule has 0 radical (unpaired) electrons. The van der Waals surface area contributed by atoms with Gasteiger partial charge in [-0.1, -0.05) is 6.07 Å². The van der Waals surface area contributed by atoms with Crippen LogP contribution in [0.2, 0.25) is 0 Å². The van der Waals surface area contributed by atoms with Gasteiger partial charge in [-0.15, -0.1) is 0 Å². The summed E-state index contributed by atoms with van der Waals surface area (Å²) in [5.41, 5.74) is 5.42. The third-order valence-corrected chi connectivity index (χ3v) is 6.31. The zero-order valence-electron chi connectivity index (χ0n) is 17.9. The number of methoxy groups -OCH3 is 1. The zero-order chi connectivity index (χ0) is 22.7. The Bertz CT molecular complexity index is 1170. The number of benzene rings is 1. The molecule has 0 unspecified atom stereocenters. The Kier molecular flexibility index (Phi) is 6.32. The van der Waals surface area contributed by atoms with Crippen LogP contribution in [0.1, 0.15) is 53.5 Å². The lowest BCUT2D eigenvalue weighted by atomic mass is 9.94. The normalized spacial score (nSPS) is 12.8. The fraction of sp³-hybridized carbons (Fsp3) is 0.250. The molecule has 2 aromatic heterocycles. The number of aromatic nitrogens is 1. The summed E-state index contributed by atoms with van der Waals surface area (Å²) in [6, 6.07) is 8.35. The minimum Gasteiger partial charge on any atom is -0.465 e. The number of nitrogens with zero attached hydrogens (tertiary/aromatic N) is 2. The number of aryl methyl sites for hydroxylation is 1. The average Bonchev–Trinajstić information content (AvgIpc) is 3.37. The van der Waals surface area contributed by atoms with E-state index >= 15 is 0 Å². The van der Waals surface area contributed by atoms with Crippen molar-refractivity contribution in [1.29, 1.82) is 0 Å². The molecule has 32 heavy (non-hydrogen) atoms. The molecule has 0 fully saturated rings. The van der Waals surface area contributed by atoms with Crippen molar-refractivity contribution in [2.45, 2.75) is 26.4 Å². The number of hydrogen-bond donors (Lipinski definition) is 1. The van der Waals surface area contributed by atoms with Crippen molar-refractivity contribution in [3.63, 3.8) is 0 Å².